The predicted molar refractivity (Wildman–Crippen MR) is 89.2 cm³/mol. The second-order valence-corrected chi connectivity index (χ2v) is 6.88. The van der Waals surface area contributed by atoms with E-state index >= 15 is 0 Å². The predicted octanol–water partition coefficient (Wildman–Crippen LogP) is 2.49. The van der Waals surface area contributed by atoms with E-state index < -0.39 is 5.60 Å². The zero-order valence-electron chi connectivity index (χ0n) is 14.7. The standard InChI is InChI=1S/C18H27NO4/c1-18(2,3)23-17(20)11-19-14-7-6-12-9-15(21-4)16(22-5)10-13(12)8-14/h9-10,14,19H,6-8,11H2,1-5H3. The third-order valence-corrected chi connectivity index (χ3v) is 3.89. The number of carbonyl (C=O) groups excluding carboxylic acids is 1. The van der Waals surface area contributed by atoms with Crippen molar-refractivity contribution in [1.82, 2.24) is 5.32 Å². The molecule has 0 saturated heterocycles. The molecule has 1 aliphatic rings. The van der Waals surface area contributed by atoms with Gasteiger partial charge in [-0.1, -0.05) is 0 Å². The summed E-state index contributed by atoms with van der Waals surface area (Å²) in [7, 11) is 3.30. The molecule has 0 heterocycles. The molecule has 0 radical (unpaired) electrons. The molecule has 0 saturated carbocycles. The Morgan fingerprint density at radius 1 is 1.17 bits per heavy atom. The Bertz CT molecular complexity index is 563. The Hall–Kier alpha value is -1.75. The Balaban J connectivity index is 1.96. The first-order valence-electron chi connectivity index (χ1n) is 8.01. The number of aryl methyl sites for hydroxylation is 1. The van der Waals surface area contributed by atoms with Crippen molar-refractivity contribution in [1.29, 1.82) is 0 Å². The van der Waals surface area contributed by atoms with Crippen LogP contribution >= 0.6 is 0 Å². The van der Waals surface area contributed by atoms with Crippen LogP contribution in [0, 0.1) is 0 Å². The van der Waals surface area contributed by atoms with Gasteiger partial charge >= 0.3 is 5.97 Å². The topological polar surface area (TPSA) is 56.8 Å². The minimum atomic E-state index is -0.443. The number of benzene rings is 1. The van der Waals surface area contributed by atoms with E-state index in [1.807, 2.05) is 26.8 Å². The summed E-state index contributed by atoms with van der Waals surface area (Å²) in [5.74, 6) is 1.31. The van der Waals surface area contributed by atoms with E-state index in [1.54, 1.807) is 14.2 Å². The summed E-state index contributed by atoms with van der Waals surface area (Å²) in [6.07, 6.45) is 2.82. The van der Waals surface area contributed by atoms with Crippen molar-refractivity contribution in [2.24, 2.45) is 0 Å². The SMILES string of the molecule is COc1cc2c(cc1OC)CC(NCC(=O)OC(C)(C)C)CC2. The second kappa shape index (κ2) is 7.21. The van der Waals surface area contributed by atoms with Crippen LogP contribution in [0.5, 0.6) is 11.5 Å². The van der Waals surface area contributed by atoms with Gasteiger partial charge in [-0.05, 0) is 63.3 Å². The van der Waals surface area contributed by atoms with E-state index in [9.17, 15) is 4.79 Å². The number of nitrogens with one attached hydrogen (secondary N) is 1. The largest absolute Gasteiger partial charge is 0.493 e. The minimum Gasteiger partial charge on any atom is -0.493 e. The molecule has 23 heavy (non-hydrogen) atoms. The van der Waals surface area contributed by atoms with Gasteiger partial charge in [0.15, 0.2) is 11.5 Å². The van der Waals surface area contributed by atoms with Gasteiger partial charge in [0.05, 0.1) is 20.8 Å². The number of fused-ring (bicyclic) bond motifs is 1. The summed E-state index contributed by atoms with van der Waals surface area (Å²) in [6.45, 7) is 5.87. The van der Waals surface area contributed by atoms with E-state index in [0.29, 0.717) is 0 Å². The average Bonchev–Trinajstić information content (AvgIpc) is 2.49. The van der Waals surface area contributed by atoms with Crippen LogP contribution < -0.4 is 14.8 Å². The van der Waals surface area contributed by atoms with Crippen LogP contribution in [0.4, 0.5) is 0 Å². The number of carbonyl (C=O) groups is 1. The summed E-state index contributed by atoms with van der Waals surface area (Å²) in [5.41, 5.74) is 2.09. The molecule has 1 atom stereocenters. The zero-order chi connectivity index (χ0) is 17.0. The maximum absolute atomic E-state index is 11.8. The number of methoxy groups -OCH3 is 2. The summed E-state index contributed by atoms with van der Waals surface area (Å²) in [6, 6.07) is 4.36. The Labute approximate surface area is 138 Å². The zero-order valence-corrected chi connectivity index (χ0v) is 14.7. The van der Waals surface area contributed by atoms with Gasteiger partial charge in [-0.3, -0.25) is 4.79 Å². The van der Waals surface area contributed by atoms with Crippen molar-refractivity contribution in [3.63, 3.8) is 0 Å². The van der Waals surface area contributed by atoms with Gasteiger partial charge in [0.1, 0.15) is 5.60 Å². The van der Waals surface area contributed by atoms with E-state index in [1.165, 1.54) is 11.1 Å². The first-order valence-corrected chi connectivity index (χ1v) is 8.01. The van der Waals surface area contributed by atoms with Crippen molar-refractivity contribution in [2.75, 3.05) is 20.8 Å². The molecule has 1 aromatic carbocycles. The van der Waals surface area contributed by atoms with E-state index in [0.717, 1.165) is 30.8 Å². The first kappa shape index (κ1) is 17.6. The number of hydrogen-bond donors (Lipinski definition) is 1. The molecule has 1 aromatic rings. The van der Waals surface area contributed by atoms with Gasteiger partial charge in [0, 0.05) is 6.04 Å². The Kier molecular flexibility index (Phi) is 5.52. The normalized spacial score (nSPS) is 17.3. The summed E-state index contributed by atoms with van der Waals surface area (Å²) >= 11 is 0. The molecule has 5 nitrogen and oxygen atoms in total. The summed E-state index contributed by atoms with van der Waals surface area (Å²) in [5, 5.41) is 3.30. The van der Waals surface area contributed by atoms with Gasteiger partial charge in [-0.25, -0.2) is 0 Å². The van der Waals surface area contributed by atoms with Crippen LogP contribution in [-0.2, 0) is 22.4 Å². The van der Waals surface area contributed by atoms with E-state index in [-0.39, 0.29) is 18.6 Å². The molecule has 128 valence electrons. The number of rotatable bonds is 5. The molecule has 0 aromatic heterocycles. The van der Waals surface area contributed by atoms with Crippen LogP contribution in [0.2, 0.25) is 0 Å². The molecule has 1 aliphatic carbocycles. The highest BCUT2D eigenvalue weighted by Gasteiger charge is 2.22. The molecular formula is C18H27NO4. The lowest BCUT2D eigenvalue weighted by molar-refractivity contribution is -0.153. The lowest BCUT2D eigenvalue weighted by Crippen LogP contribution is -2.40. The fraction of sp³-hybridized carbons (Fsp3) is 0.611. The molecular weight excluding hydrogens is 294 g/mol. The number of hydrogen-bond acceptors (Lipinski definition) is 5. The van der Waals surface area contributed by atoms with Crippen LogP contribution in [0.15, 0.2) is 12.1 Å². The van der Waals surface area contributed by atoms with Gasteiger partial charge in [-0.2, -0.15) is 0 Å². The molecule has 0 fully saturated rings. The van der Waals surface area contributed by atoms with E-state index in [4.69, 9.17) is 14.2 Å². The van der Waals surface area contributed by atoms with Crippen LogP contribution in [0.3, 0.4) is 0 Å². The average molecular weight is 321 g/mol. The molecule has 1 N–H and O–H groups in total. The highest BCUT2D eigenvalue weighted by molar-refractivity contribution is 5.72. The Morgan fingerprint density at radius 2 is 1.78 bits per heavy atom. The highest BCUT2D eigenvalue weighted by atomic mass is 16.6. The van der Waals surface area contributed by atoms with Crippen molar-refractivity contribution < 1.29 is 19.0 Å². The molecule has 5 heteroatoms. The maximum atomic E-state index is 11.8. The van der Waals surface area contributed by atoms with Crippen molar-refractivity contribution in [3.05, 3.63) is 23.3 Å². The molecule has 0 aliphatic heterocycles. The first-order chi connectivity index (χ1) is 10.8. The van der Waals surface area contributed by atoms with Crippen molar-refractivity contribution >= 4 is 5.97 Å². The Morgan fingerprint density at radius 3 is 2.35 bits per heavy atom. The lowest BCUT2D eigenvalue weighted by atomic mass is 9.88. The van der Waals surface area contributed by atoms with Gasteiger partial charge < -0.3 is 19.5 Å². The molecule has 0 spiro atoms. The molecule has 0 amide bonds. The highest BCUT2D eigenvalue weighted by Crippen LogP contribution is 2.34. The van der Waals surface area contributed by atoms with Gasteiger partial charge in [0.2, 0.25) is 0 Å². The quantitative estimate of drug-likeness (QED) is 0.845. The minimum absolute atomic E-state index is 0.212. The monoisotopic (exact) mass is 321 g/mol. The number of ether oxygens (including phenoxy) is 3. The fourth-order valence-electron chi connectivity index (χ4n) is 2.86. The van der Waals surface area contributed by atoms with Gasteiger partial charge in [0.25, 0.3) is 0 Å². The van der Waals surface area contributed by atoms with E-state index in [2.05, 4.69) is 11.4 Å². The smallest absolute Gasteiger partial charge is 0.320 e. The van der Waals surface area contributed by atoms with Crippen LogP contribution in [0.1, 0.15) is 38.3 Å². The summed E-state index contributed by atoms with van der Waals surface area (Å²) < 4.78 is 16.1. The maximum Gasteiger partial charge on any atom is 0.320 e. The van der Waals surface area contributed by atoms with Crippen LogP contribution in [0.25, 0.3) is 0 Å². The van der Waals surface area contributed by atoms with Gasteiger partial charge in [-0.15, -0.1) is 0 Å². The molecule has 0 bridgehead atoms. The third-order valence-electron chi connectivity index (χ3n) is 3.89. The van der Waals surface area contributed by atoms with Crippen molar-refractivity contribution in [3.8, 4) is 11.5 Å². The summed E-state index contributed by atoms with van der Waals surface area (Å²) in [4.78, 5) is 11.8. The number of esters is 1. The fourth-order valence-corrected chi connectivity index (χ4v) is 2.86. The van der Waals surface area contributed by atoms with Crippen LogP contribution in [-0.4, -0.2) is 38.4 Å². The van der Waals surface area contributed by atoms with Crippen molar-refractivity contribution in [2.45, 2.75) is 51.7 Å². The lowest BCUT2D eigenvalue weighted by Gasteiger charge is -2.27. The third kappa shape index (κ3) is 4.86. The molecule has 2 rings (SSSR count). The molecule has 1 unspecified atom stereocenters. The second-order valence-electron chi connectivity index (χ2n) is 6.88.